The molecule has 5 heteroatoms. The maximum atomic E-state index is 11.3. The fraction of sp³-hybridized carbons (Fsp3) is 0.125. The van der Waals surface area contributed by atoms with Gasteiger partial charge in [-0.25, -0.2) is 4.98 Å². The number of para-hydroxylation sites is 1. The molecule has 1 heterocycles. The molecular weight excluding hydrogens is 306 g/mol. The molecule has 2 aromatic carbocycles. The van der Waals surface area contributed by atoms with Crippen LogP contribution in [0.3, 0.4) is 0 Å². The highest BCUT2D eigenvalue weighted by atomic mass is 35.5. The first-order valence-corrected chi connectivity index (χ1v) is 7.60. The maximum absolute atomic E-state index is 11.3. The van der Waals surface area contributed by atoms with Crippen molar-refractivity contribution in [2.45, 2.75) is 13.5 Å². The van der Waals surface area contributed by atoms with Gasteiger partial charge in [-0.2, -0.15) is 0 Å². The van der Waals surface area contributed by atoms with Crippen LogP contribution in [0.1, 0.15) is 22.3 Å². The van der Waals surface area contributed by atoms with E-state index in [0.29, 0.717) is 22.9 Å². The van der Waals surface area contributed by atoms with Gasteiger partial charge in [-0.15, -0.1) is 11.3 Å². The van der Waals surface area contributed by atoms with Crippen molar-refractivity contribution in [3.05, 3.63) is 58.1 Å². The lowest BCUT2D eigenvalue weighted by atomic mass is 10.1. The second-order valence-electron chi connectivity index (χ2n) is 4.57. The van der Waals surface area contributed by atoms with Crippen molar-refractivity contribution in [1.82, 2.24) is 4.98 Å². The number of ether oxygens (including phenoxy) is 1. The standard InChI is InChI=1S/C16H12ClNO2S/c1-10(19)11-6-7-14(12(17)8-11)20-9-16-18-13-4-2-3-5-15(13)21-16/h2-8H,9H2,1H3. The average Bonchev–Trinajstić information content (AvgIpc) is 2.88. The highest BCUT2D eigenvalue weighted by Crippen LogP contribution is 2.28. The van der Waals surface area contributed by atoms with Crippen LogP contribution in [0.25, 0.3) is 10.2 Å². The number of carbonyl (C=O) groups is 1. The van der Waals surface area contributed by atoms with Crippen LogP contribution in [0, 0.1) is 0 Å². The van der Waals surface area contributed by atoms with Gasteiger partial charge in [0.15, 0.2) is 5.78 Å². The second-order valence-corrected chi connectivity index (χ2v) is 6.09. The minimum Gasteiger partial charge on any atom is -0.485 e. The van der Waals surface area contributed by atoms with Gasteiger partial charge < -0.3 is 4.74 Å². The fourth-order valence-electron chi connectivity index (χ4n) is 1.96. The molecule has 0 radical (unpaired) electrons. The molecule has 0 aliphatic heterocycles. The summed E-state index contributed by atoms with van der Waals surface area (Å²) in [5.74, 6) is 0.538. The molecule has 0 fully saturated rings. The van der Waals surface area contributed by atoms with E-state index in [4.69, 9.17) is 16.3 Å². The van der Waals surface area contributed by atoms with E-state index in [1.807, 2.05) is 24.3 Å². The summed E-state index contributed by atoms with van der Waals surface area (Å²) in [5, 5.41) is 1.33. The summed E-state index contributed by atoms with van der Waals surface area (Å²) in [6.45, 7) is 1.87. The van der Waals surface area contributed by atoms with Gasteiger partial charge in [0.1, 0.15) is 17.4 Å². The molecule has 3 rings (SSSR count). The number of ketones is 1. The Hall–Kier alpha value is -1.91. The molecule has 0 saturated heterocycles. The monoisotopic (exact) mass is 317 g/mol. The van der Waals surface area contributed by atoms with Gasteiger partial charge in [0, 0.05) is 5.56 Å². The van der Waals surface area contributed by atoms with Gasteiger partial charge in [0.25, 0.3) is 0 Å². The van der Waals surface area contributed by atoms with Crippen molar-refractivity contribution >= 4 is 38.9 Å². The van der Waals surface area contributed by atoms with Crippen LogP contribution in [0.2, 0.25) is 5.02 Å². The van der Waals surface area contributed by atoms with E-state index in [9.17, 15) is 4.79 Å². The van der Waals surface area contributed by atoms with E-state index >= 15 is 0 Å². The molecule has 0 aliphatic rings. The topological polar surface area (TPSA) is 39.2 Å². The van der Waals surface area contributed by atoms with E-state index in [-0.39, 0.29) is 5.78 Å². The first-order chi connectivity index (χ1) is 10.1. The molecule has 21 heavy (non-hydrogen) atoms. The number of fused-ring (bicyclic) bond motifs is 1. The number of halogens is 1. The average molecular weight is 318 g/mol. The van der Waals surface area contributed by atoms with E-state index in [0.717, 1.165) is 15.2 Å². The molecule has 0 bridgehead atoms. The third-order valence-electron chi connectivity index (χ3n) is 3.03. The second kappa shape index (κ2) is 5.84. The molecule has 0 N–H and O–H groups in total. The first-order valence-electron chi connectivity index (χ1n) is 6.41. The van der Waals surface area contributed by atoms with Crippen LogP contribution in [0.4, 0.5) is 0 Å². The normalized spacial score (nSPS) is 10.8. The van der Waals surface area contributed by atoms with E-state index in [1.165, 1.54) is 6.92 Å². The summed E-state index contributed by atoms with van der Waals surface area (Å²) in [5.41, 5.74) is 1.55. The lowest BCUT2D eigenvalue weighted by molar-refractivity contribution is 0.101. The number of hydrogen-bond donors (Lipinski definition) is 0. The van der Waals surface area contributed by atoms with Gasteiger partial charge >= 0.3 is 0 Å². The summed E-state index contributed by atoms with van der Waals surface area (Å²) in [6.07, 6.45) is 0. The smallest absolute Gasteiger partial charge is 0.159 e. The minimum absolute atomic E-state index is 0.0189. The van der Waals surface area contributed by atoms with Crippen molar-refractivity contribution in [2.24, 2.45) is 0 Å². The van der Waals surface area contributed by atoms with Crippen molar-refractivity contribution in [3.63, 3.8) is 0 Å². The number of carbonyl (C=O) groups excluding carboxylic acids is 1. The van der Waals surface area contributed by atoms with Crippen LogP contribution < -0.4 is 4.74 Å². The maximum Gasteiger partial charge on any atom is 0.159 e. The Morgan fingerprint density at radius 2 is 2.10 bits per heavy atom. The van der Waals surface area contributed by atoms with Crippen molar-refractivity contribution in [2.75, 3.05) is 0 Å². The fourth-order valence-corrected chi connectivity index (χ4v) is 3.07. The number of aromatic nitrogens is 1. The zero-order valence-corrected chi connectivity index (χ0v) is 12.9. The summed E-state index contributed by atoms with van der Waals surface area (Å²) in [4.78, 5) is 15.8. The molecule has 0 unspecified atom stereocenters. The van der Waals surface area contributed by atoms with Gasteiger partial charge in [0.05, 0.1) is 15.2 Å². The molecule has 0 aliphatic carbocycles. The predicted molar refractivity (Wildman–Crippen MR) is 85.4 cm³/mol. The Bertz CT molecular complexity index is 780. The summed E-state index contributed by atoms with van der Waals surface area (Å²) < 4.78 is 6.83. The van der Waals surface area contributed by atoms with Gasteiger partial charge in [-0.05, 0) is 37.3 Å². The molecule has 3 nitrogen and oxygen atoms in total. The number of rotatable bonds is 4. The van der Waals surface area contributed by atoms with E-state index < -0.39 is 0 Å². The van der Waals surface area contributed by atoms with Crippen LogP contribution in [-0.2, 0) is 6.61 Å². The number of thiazole rings is 1. The van der Waals surface area contributed by atoms with Gasteiger partial charge in [-0.1, -0.05) is 23.7 Å². The largest absolute Gasteiger partial charge is 0.485 e. The molecule has 3 aromatic rings. The summed E-state index contributed by atoms with van der Waals surface area (Å²) in [6, 6.07) is 13.0. The van der Waals surface area contributed by atoms with Crippen molar-refractivity contribution < 1.29 is 9.53 Å². The number of Topliss-reactive ketones (excluding diaryl/α,β-unsaturated/α-hetero) is 1. The highest BCUT2D eigenvalue weighted by Gasteiger charge is 2.08. The van der Waals surface area contributed by atoms with E-state index in [2.05, 4.69) is 4.98 Å². The predicted octanol–water partition coefficient (Wildman–Crippen LogP) is 4.73. The third-order valence-corrected chi connectivity index (χ3v) is 4.33. The van der Waals surface area contributed by atoms with Crippen LogP contribution >= 0.6 is 22.9 Å². The molecule has 0 amide bonds. The Morgan fingerprint density at radius 1 is 1.29 bits per heavy atom. The molecule has 1 aromatic heterocycles. The zero-order chi connectivity index (χ0) is 14.8. The molecule has 0 saturated carbocycles. The first kappa shape index (κ1) is 14.0. The Kier molecular flexibility index (Phi) is 3.90. The number of benzene rings is 2. The molecule has 106 valence electrons. The number of hydrogen-bond acceptors (Lipinski definition) is 4. The Labute approximate surface area is 131 Å². The van der Waals surface area contributed by atoms with Crippen molar-refractivity contribution in [3.8, 4) is 5.75 Å². The molecule has 0 spiro atoms. The van der Waals surface area contributed by atoms with Gasteiger partial charge in [-0.3, -0.25) is 4.79 Å². The lowest BCUT2D eigenvalue weighted by Gasteiger charge is -2.07. The minimum atomic E-state index is -0.0189. The van der Waals surface area contributed by atoms with Crippen molar-refractivity contribution in [1.29, 1.82) is 0 Å². The highest BCUT2D eigenvalue weighted by molar-refractivity contribution is 7.18. The van der Waals surface area contributed by atoms with Gasteiger partial charge in [0.2, 0.25) is 0 Å². The molecule has 0 atom stereocenters. The lowest BCUT2D eigenvalue weighted by Crippen LogP contribution is -1.97. The quantitative estimate of drug-likeness (QED) is 0.653. The molecular formula is C16H12ClNO2S. The van der Waals surface area contributed by atoms with Crippen LogP contribution in [0.5, 0.6) is 5.75 Å². The Balaban J connectivity index is 1.76. The van der Waals surface area contributed by atoms with Crippen LogP contribution in [0.15, 0.2) is 42.5 Å². The summed E-state index contributed by atoms with van der Waals surface area (Å²) >= 11 is 7.72. The number of nitrogens with zero attached hydrogens (tertiary/aromatic N) is 1. The third kappa shape index (κ3) is 3.06. The van der Waals surface area contributed by atoms with Crippen LogP contribution in [-0.4, -0.2) is 10.8 Å². The summed E-state index contributed by atoms with van der Waals surface area (Å²) in [7, 11) is 0. The van der Waals surface area contributed by atoms with E-state index in [1.54, 1.807) is 29.5 Å². The SMILES string of the molecule is CC(=O)c1ccc(OCc2nc3ccccc3s2)c(Cl)c1. The Morgan fingerprint density at radius 3 is 2.81 bits per heavy atom. The zero-order valence-electron chi connectivity index (χ0n) is 11.3.